The molecule has 7 heteroatoms. The molecule has 0 aromatic heterocycles. The number of carbonyl (C=O) groups is 1. The topological polar surface area (TPSA) is 104 Å². The Morgan fingerprint density at radius 3 is 2.42 bits per heavy atom. The third-order valence-electron chi connectivity index (χ3n) is 12.3. The fourth-order valence-corrected chi connectivity index (χ4v) is 11.1. The molecule has 4 saturated carbocycles. The molecular formula is C33H51NO5S. The van der Waals surface area contributed by atoms with Gasteiger partial charge in [-0.3, -0.25) is 9.35 Å². The standard InChI is InChI=1S/C33H51NO5S/c1-22(9-14-31(36)34-25(21-40(37,38)39)19-23-7-5-4-6-8-23)28-12-13-29-27-11-10-24-20-26(35)15-17-32(24,2)30(27)16-18-33(28,29)3/h4-8,22,24-30,35H,9-21H2,1-3H3,(H,34,36)(H,37,38,39)/t22-,24-,25-,26-,27+,28-,29+,30+,32+,33-/m1/s1. The summed E-state index contributed by atoms with van der Waals surface area (Å²) < 4.78 is 32.7. The van der Waals surface area contributed by atoms with E-state index in [0.717, 1.165) is 42.6 Å². The number of benzene rings is 1. The monoisotopic (exact) mass is 573 g/mol. The van der Waals surface area contributed by atoms with Gasteiger partial charge < -0.3 is 10.4 Å². The van der Waals surface area contributed by atoms with Gasteiger partial charge in [-0.25, -0.2) is 0 Å². The first-order valence-corrected chi connectivity index (χ1v) is 17.5. The molecule has 10 atom stereocenters. The van der Waals surface area contributed by atoms with Crippen LogP contribution in [0.5, 0.6) is 0 Å². The second kappa shape index (κ2) is 11.7. The molecule has 40 heavy (non-hydrogen) atoms. The van der Waals surface area contributed by atoms with Crippen LogP contribution in [-0.4, -0.2) is 41.9 Å². The molecule has 5 rings (SSSR count). The quantitative estimate of drug-likeness (QED) is 0.313. The summed E-state index contributed by atoms with van der Waals surface area (Å²) in [4.78, 5) is 13.0. The van der Waals surface area contributed by atoms with Gasteiger partial charge in [-0.1, -0.05) is 51.1 Å². The first kappa shape index (κ1) is 30.0. The second-order valence-corrected chi connectivity index (χ2v) is 16.0. The smallest absolute Gasteiger partial charge is 0.266 e. The Labute approximate surface area is 241 Å². The molecule has 0 aliphatic heterocycles. The second-order valence-electron chi connectivity index (χ2n) is 14.5. The van der Waals surface area contributed by atoms with E-state index in [1.54, 1.807) is 0 Å². The Morgan fingerprint density at radius 1 is 1.00 bits per heavy atom. The average Bonchev–Trinajstić information content (AvgIpc) is 3.24. The van der Waals surface area contributed by atoms with Gasteiger partial charge >= 0.3 is 0 Å². The Hall–Kier alpha value is -1.44. The van der Waals surface area contributed by atoms with Crippen LogP contribution in [0, 0.1) is 46.3 Å². The molecule has 0 spiro atoms. The van der Waals surface area contributed by atoms with E-state index < -0.39 is 21.9 Å². The summed E-state index contributed by atoms with van der Waals surface area (Å²) in [5.74, 6) is 3.48. The number of carbonyl (C=O) groups excluding carboxylic acids is 1. The van der Waals surface area contributed by atoms with Crippen LogP contribution in [0.3, 0.4) is 0 Å². The van der Waals surface area contributed by atoms with Gasteiger partial charge in [0.1, 0.15) is 0 Å². The normalized spacial score (nSPS) is 38.9. The lowest BCUT2D eigenvalue weighted by Gasteiger charge is -2.61. The van der Waals surface area contributed by atoms with Crippen molar-refractivity contribution in [3.63, 3.8) is 0 Å². The van der Waals surface area contributed by atoms with Crippen LogP contribution in [-0.2, 0) is 21.3 Å². The Kier molecular flexibility index (Phi) is 8.77. The van der Waals surface area contributed by atoms with Gasteiger partial charge in [-0.15, -0.1) is 0 Å². The van der Waals surface area contributed by atoms with Gasteiger partial charge in [-0.2, -0.15) is 8.42 Å². The largest absolute Gasteiger partial charge is 0.393 e. The van der Waals surface area contributed by atoms with E-state index in [0.29, 0.717) is 41.4 Å². The number of hydrogen-bond acceptors (Lipinski definition) is 4. The summed E-state index contributed by atoms with van der Waals surface area (Å²) in [5, 5.41) is 13.2. The van der Waals surface area contributed by atoms with Crippen molar-refractivity contribution in [2.45, 2.75) is 110 Å². The molecular weight excluding hydrogens is 522 g/mol. The highest BCUT2D eigenvalue weighted by Crippen LogP contribution is 2.68. The molecule has 0 heterocycles. The summed E-state index contributed by atoms with van der Waals surface area (Å²) >= 11 is 0. The van der Waals surface area contributed by atoms with Crippen molar-refractivity contribution in [3.8, 4) is 0 Å². The van der Waals surface area contributed by atoms with E-state index in [4.69, 9.17) is 0 Å². The molecule has 4 aliphatic carbocycles. The van der Waals surface area contributed by atoms with Crippen LogP contribution in [0.25, 0.3) is 0 Å². The van der Waals surface area contributed by atoms with E-state index in [9.17, 15) is 22.9 Å². The fourth-order valence-electron chi connectivity index (χ4n) is 10.4. The Morgan fingerprint density at radius 2 is 1.70 bits per heavy atom. The fraction of sp³-hybridized carbons (Fsp3) is 0.788. The SMILES string of the molecule is C[C@H](CCC(=O)N[C@H](Cc1ccccc1)CS(=O)(=O)O)[C@H]1CC[C@H]2[C@@H]3CC[C@@H]4C[C@H](O)CC[C@]4(C)[C@H]3CC[C@]12C. The molecule has 3 N–H and O–H groups in total. The van der Waals surface area contributed by atoms with Crippen LogP contribution in [0.15, 0.2) is 30.3 Å². The molecule has 4 aliphatic rings. The number of rotatable bonds is 9. The Bertz CT molecular complexity index is 1140. The number of fused-ring (bicyclic) bond motifs is 5. The number of aliphatic hydroxyl groups excluding tert-OH is 1. The molecule has 1 aromatic rings. The van der Waals surface area contributed by atoms with E-state index in [2.05, 4.69) is 26.1 Å². The highest BCUT2D eigenvalue weighted by atomic mass is 32.2. The van der Waals surface area contributed by atoms with Gasteiger partial charge in [0.25, 0.3) is 10.1 Å². The maximum absolute atomic E-state index is 13.0. The molecule has 1 aromatic carbocycles. The lowest BCUT2D eigenvalue weighted by atomic mass is 9.44. The third-order valence-corrected chi connectivity index (χ3v) is 13.2. The van der Waals surface area contributed by atoms with E-state index >= 15 is 0 Å². The zero-order chi connectivity index (χ0) is 28.7. The lowest BCUT2D eigenvalue weighted by molar-refractivity contribution is -0.130. The highest BCUT2D eigenvalue weighted by Gasteiger charge is 2.60. The van der Waals surface area contributed by atoms with Crippen molar-refractivity contribution in [1.29, 1.82) is 0 Å². The summed E-state index contributed by atoms with van der Waals surface area (Å²) in [6.07, 6.45) is 12.3. The van der Waals surface area contributed by atoms with E-state index in [1.807, 2.05) is 30.3 Å². The molecule has 0 bridgehead atoms. The molecule has 0 radical (unpaired) electrons. The predicted octanol–water partition coefficient (Wildman–Crippen LogP) is 6.04. The minimum atomic E-state index is -4.21. The minimum absolute atomic E-state index is 0.0981. The van der Waals surface area contributed by atoms with Gasteiger partial charge in [-0.05, 0) is 123 Å². The van der Waals surface area contributed by atoms with Crippen LogP contribution in [0.4, 0.5) is 0 Å². The van der Waals surface area contributed by atoms with Gasteiger partial charge in [0.2, 0.25) is 5.91 Å². The van der Waals surface area contributed by atoms with Crippen molar-refractivity contribution in [2.75, 3.05) is 5.75 Å². The van der Waals surface area contributed by atoms with Gasteiger partial charge in [0, 0.05) is 12.5 Å². The lowest BCUT2D eigenvalue weighted by Crippen LogP contribution is -2.54. The first-order chi connectivity index (χ1) is 18.9. The highest BCUT2D eigenvalue weighted by molar-refractivity contribution is 7.85. The molecule has 1 amide bonds. The zero-order valence-electron chi connectivity index (χ0n) is 24.7. The van der Waals surface area contributed by atoms with Crippen molar-refractivity contribution in [3.05, 3.63) is 35.9 Å². The first-order valence-electron chi connectivity index (χ1n) is 15.9. The number of amides is 1. The number of aliphatic hydroxyl groups is 1. The van der Waals surface area contributed by atoms with E-state index in [-0.39, 0.29) is 12.0 Å². The van der Waals surface area contributed by atoms with Crippen LogP contribution in [0.1, 0.15) is 97.0 Å². The van der Waals surface area contributed by atoms with E-state index in [1.165, 1.54) is 44.9 Å². The molecule has 224 valence electrons. The molecule has 0 unspecified atom stereocenters. The minimum Gasteiger partial charge on any atom is -0.393 e. The van der Waals surface area contributed by atoms with Crippen LogP contribution in [0.2, 0.25) is 0 Å². The molecule has 4 fully saturated rings. The third kappa shape index (κ3) is 6.17. The van der Waals surface area contributed by atoms with Crippen molar-refractivity contribution in [1.82, 2.24) is 5.32 Å². The van der Waals surface area contributed by atoms with Crippen molar-refractivity contribution in [2.24, 2.45) is 46.3 Å². The van der Waals surface area contributed by atoms with Crippen molar-refractivity contribution < 1.29 is 22.9 Å². The average molecular weight is 574 g/mol. The number of hydrogen-bond donors (Lipinski definition) is 3. The predicted molar refractivity (Wildman–Crippen MR) is 158 cm³/mol. The maximum Gasteiger partial charge on any atom is 0.266 e. The van der Waals surface area contributed by atoms with Crippen LogP contribution >= 0.6 is 0 Å². The summed E-state index contributed by atoms with van der Waals surface area (Å²) in [7, 11) is -4.21. The Balaban J connectivity index is 1.18. The zero-order valence-corrected chi connectivity index (χ0v) is 25.5. The maximum atomic E-state index is 13.0. The van der Waals surface area contributed by atoms with Gasteiger partial charge in [0.15, 0.2) is 0 Å². The summed E-state index contributed by atoms with van der Waals surface area (Å²) in [5.41, 5.74) is 1.65. The van der Waals surface area contributed by atoms with Crippen molar-refractivity contribution >= 4 is 16.0 Å². The van der Waals surface area contributed by atoms with Gasteiger partial charge in [0.05, 0.1) is 11.9 Å². The summed E-state index contributed by atoms with van der Waals surface area (Å²) in [6, 6.07) is 8.83. The molecule has 0 saturated heterocycles. The molecule has 6 nitrogen and oxygen atoms in total. The number of nitrogens with one attached hydrogen (secondary N) is 1. The van der Waals surface area contributed by atoms with Crippen LogP contribution < -0.4 is 5.32 Å². The summed E-state index contributed by atoms with van der Waals surface area (Å²) in [6.45, 7) is 7.41.